The Hall–Kier alpha value is -2.10. The van der Waals surface area contributed by atoms with E-state index in [0.717, 1.165) is 42.5 Å². The maximum Gasteiger partial charge on any atom is 0.168 e. The molecule has 2 aromatic rings. The first-order chi connectivity index (χ1) is 8.29. The van der Waals surface area contributed by atoms with Gasteiger partial charge in [0, 0.05) is 5.56 Å². The zero-order valence-corrected chi connectivity index (χ0v) is 9.26. The fraction of sp³-hybridized carbons (Fsp3) is 0.231. The standard InChI is InChI=1S/C13H12N2O2/c16-8-13-11-2-1-3-12(11)14-15(13)9-4-6-10(17)7-5-9/h4-8,17H,1-3H2. The van der Waals surface area contributed by atoms with Crippen LogP contribution in [0, 0.1) is 0 Å². The number of carbonyl (C=O) groups excluding carboxylic acids is 1. The maximum atomic E-state index is 11.2. The number of carbonyl (C=O) groups is 1. The van der Waals surface area contributed by atoms with E-state index < -0.39 is 0 Å². The molecular formula is C13H12N2O2. The van der Waals surface area contributed by atoms with E-state index in [2.05, 4.69) is 5.10 Å². The van der Waals surface area contributed by atoms with Crippen molar-refractivity contribution in [1.82, 2.24) is 9.78 Å². The molecule has 0 amide bonds. The van der Waals surface area contributed by atoms with Crippen molar-refractivity contribution < 1.29 is 9.90 Å². The van der Waals surface area contributed by atoms with Crippen LogP contribution >= 0.6 is 0 Å². The van der Waals surface area contributed by atoms with Gasteiger partial charge in [-0.25, -0.2) is 4.68 Å². The molecule has 1 N–H and O–H groups in total. The number of hydrogen-bond acceptors (Lipinski definition) is 3. The minimum atomic E-state index is 0.209. The van der Waals surface area contributed by atoms with Crippen molar-refractivity contribution in [2.75, 3.05) is 0 Å². The Balaban J connectivity index is 2.15. The lowest BCUT2D eigenvalue weighted by molar-refractivity contribution is 0.111. The van der Waals surface area contributed by atoms with Gasteiger partial charge in [0.15, 0.2) is 6.29 Å². The molecule has 0 radical (unpaired) electrons. The molecule has 0 atom stereocenters. The Bertz CT molecular complexity index is 570. The minimum Gasteiger partial charge on any atom is -0.508 e. The highest BCUT2D eigenvalue weighted by Crippen LogP contribution is 2.26. The van der Waals surface area contributed by atoms with Crippen LogP contribution in [-0.4, -0.2) is 21.2 Å². The molecule has 0 spiro atoms. The Kier molecular flexibility index (Phi) is 2.21. The number of hydrogen-bond donors (Lipinski definition) is 1. The van der Waals surface area contributed by atoms with Gasteiger partial charge in [-0.2, -0.15) is 5.10 Å². The van der Waals surface area contributed by atoms with Crippen LogP contribution < -0.4 is 0 Å². The molecule has 0 saturated carbocycles. The topological polar surface area (TPSA) is 55.1 Å². The molecule has 1 heterocycles. The molecule has 0 fully saturated rings. The van der Waals surface area contributed by atoms with Crippen LogP contribution in [0.25, 0.3) is 5.69 Å². The molecule has 1 aromatic carbocycles. The number of phenols is 1. The highest BCUT2D eigenvalue weighted by Gasteiger charge is 2.22. The first-order valence-electron chi connectivity index (χ1n) is 5.65. The second-order valence-electron chi connectivity index (χ2n) is 4.21. The van der Waals surface area contributed by atoms with E-state index in [1.54, 1.807) is 28.9 Å². The van der Waals surface area contributed by atoms with Crippen molar-refractivity contribution >= 4 is 6.29 Å². The Morgan fingerprint density at radius 2 is 2.00 bits per heavy atom. The minimum absolute atomic E-state index is 0.209. The summed E-state index contributed by atoms with van der Waals surface area (Å²) in [6.07, 6.45) is 3.82. The van der Waals surface area contributed by atoms with Gasteiger partial charge < -0.3 is 5.11 Å². The Morgan fingerprint density at radius 1 is 1.24 bits per heavy atom. The van der Waals surface area contributed by atoms with Crippen LogP contribution in [0.5, 0.6) is 5.75 Å². The number of rotatable bonds is 2. The van der Waals surface area contributed by atoms with E-state index in [1.165, 1.54) is 0 Å². The zero-order chi connectivity index (χ0) is 11.8. The summed E-state index contributed by atoms with van der Waals surface area (Å²) in [5, 5.41) is 13.7. The third kappa shape index (κ3) is 1.53. The van der Waals surface area contributed by atoms with Gasteiger partial charge >= 0.3 is 0 Å². The van der Waals surface area contributed by atoms with Gasteiger partial charge in [0.1, 0.15) is 11.4 Å². The largest absolute Gasteiger partial charge is 0.508 e. The second-order valence-corrected chi connectivity index (χ2v) is 4.21. The van der Waals surface area contributed by atoms with Gasteiger partial charge in [0.25, 0.3) is 0 Å². The Labute approximate surface area is 98.5 Å². The van der Waals surface area contributed by atoms with Gasteiger partial charge in [-0.15, -0.1) is 0 Å². The van der Waals surface area contributed by atoms with E-state index in [9.17, 15) is 9.90 Å². The normalized spacial score (nSPS) is 13.6. The quantitative estimate of drug-likeness (QED) is 0.798. The first-order valence-corrected chi connectivity index (χ1v) is 5.65. The van der Waals surface area contributed by atoms with Gasteiger partial charge in [-0.05, 0) is 43.5 Å². The smallest absolute Gasteiger partial charge is 0.168 e. The lowest BCUT2D eigenvalue weighted by Gasteiger charge is -2.04. The number of aldehydes is 1. The molecule has 1 aliphatic carbocycles. The fourth-order valence-corrected chi connectivity index (χ4v) is 2.33. The predicted octanol–water partition coefficient (Wildman–Crippen LogP) is 1.88. The molecule has 0 unspecified atom stereocenters. The molecule has 86 valence electrons. The fourth-order valence-electron chi connectivity index (χ4n) is 2.33. The molecular weight excluding hydrogens is 216 g/mol. The lowest BCUT2D eigenvalue weighted by Crippen LogP contribution is -2.03. The third-order valence-corrected chi connectivity index (χ3v) is 3.15. The molecule has 1 aliphatic rings. The SMILES string of the molecule is O=Cc1c2c(nn1-c1ccc(O)cc1)CCC2. The van der Waals surface area contributed by atoms with E-state index >= 15 is 0 Å². The zero-order valence-electron chi connectivity index (χ0n) is 9.26. The van der Waals surface area contributed by atoms with Crippen molar-refractivity contribution in [1.29, 1.82) is 0 Å². The van der Waals surface area contributed by atoms with Crippen molar-refractivity contribution in [3.8, 4) is 11.4 Å². The third-order valence-electron chi connectivity index (χ3n) is 3.15. The van der Waals surface area contributed by atoms with Crippen LogP contribution in [0.15, 0.2) is 24.3 Å². The predicted molar refractivity (Wildman–Crippen MR) is 62.6 cm³/mol. The van der Waals surface area contributed by atoms with Crippen molar-refractivity contribution in [2.45, 2.75) is 19.3 Å². The number of phenolic OH excluding ortho intramolecular Hbond substituents is 1. The highest BCUT2D eigenvalue weighted by atomic mass is 16.3. The van der Waals surface area contributed by atoms with E-state index in [1.807, 2.05) is 0 Å². The van der Waals surface area contributed by atoms with Gasteiger partial charge in [0.05, 0.1) is 11.4 Å². The van der Waals surface area contributed by atoms with Crippen molar-refractivity contribution in [2.24, 2.45) is 0 Å². The number of fused-ring (bicyclic) bond motifs is 1. The van der Waals surface area contributed by atoms with Crippen LogP contribution in [0.2, 0.25) is 0 Å². The van der Waals surface area contributed by atoms with Crippen molar-refractivity contribution in [3.63, 3.8) is 0 Å². The molecule has 17 heavy (non-hydrogen) atoms. The van der Waals surface area contributed by atoms with Gasteiger partial charge in [-0.1, -0.05) is 0 Å². The monoisotopic (exact) mass is 228 g/mol. The summed E-state index contributed by atoms with van der Waals surface area (Å²) in [5.74, 6) is 0.209. The summed E-state index contributed by atoms with van der Waals surface area (Å²) in [5.41, 5.74) is 3.55. The number of aromatic nitrogens is 2. The average Bonchev–Trinajstić information content (AvgIpc) is 2.89. The highest BCUT2D eigenvalue weighted by molar-refractivity contribution is 5.77. The summed E-state index contributed by atoms with van der Waals surface area (Å²) in [4.78, 5) is 11.2. The lowest BCUT2D eigenvalue weighted by atomic mass is 10.2. The summed E-state index contributed by atoms with van der Waals surface area (Å²) in [7, 11) is 0. The number of aryl methyl sites for hydroxylation is 1. The summed E-state index contributed by atoms with van der Waals surface area (Å²) < 4.78 is 1.66. The second kappa shape index (κ2) is 3.73. The Morgan fingerprint density at radius 3 is 2.71 bits per heavy atom. The molecule has 4 heteroatoms. The molecule has 0 saturated heterocycles. The van der Waals surface area contributed by atoms with Gasteiger partial charge in [-0.3, -0.25) is 4.79 Å². The van der Waals surface area contributed by atoms with Crippen LogP contribution in [0.1, 0.15) is 28.2 Å². The summed E-state index contributed by atoms with van der Waals surface area (Å²) in [6, 6.07) is 6.70. The number of aromatic hydroxyl groups is 1. The van der Waals surface area contributed by atoms with Crippen LogP contribution in [-0.2, 0) is 12.8 Å². The number of benzene rings is 1. The van der Waals surface area contributed by atoms with Crippen molar-refractivity contribution in [3.05, 3.63) is 41.2 Å². The van der Waals surface area contributed by atoms with E-state index in [0.29, 0.717) is 5.69 Å². The van der Waals surface area contributed by atoms with E-state index in [-0.39, 0.29) is 5.75 Å². The number of nitrogens with zero attached hydrogens (tertiary/aromatic N) is 2. The molecule has 0 aliphatic heterocycles. The molecule has 4 nitrogen and oxygen atoms in total. The first kappa shape index (κ1) is 10.1. The molecule has 0 bridgehead atoms. The summed E-state index contributed by atoms with van der Waals surface area (Å²) >= 11 is 0. The van der Waals surface area contributed by atoms with Crippen LogP contribution in [0.4, 0.5) is 0 Å². The average molecular weight is 228 g/mol. The van der Waals surface area contributed by atoms with Gasteiger partial charge in [0.2, 0.25) is 0 Å². The molecule has 1 aromatic heterocycles. The summed E-state index contributed by atoms with van der Waals surface area (Å²) in [6.45, 7) is 0. The van der Waals surface area contributed by atoms with Crippen LogP contribution in [0.3, 0.4) is 0 Å². The maximum absolute atomic E-state index is 11.2. The van der Waals surface area contributed by atoms with E-state index in [4.69, 9.17) is 0 Å². The molecule has 3 rings (SSSR count).